The molecule has 2 aromatic heterocycles. The molecule has 0 radical (unpaired) electrons. The highest BCUT2D eigenvalue weighted by atomic mass is 32.2. The summed E-state index contributed by atoms with van der Waals surface area (Å²) >= 11 is 1.71. The first-order valence-corrected chi connectivity index (χ1v) is 9.77. The Kier molecular flexibility index (Phi) is 4.77. The minimum atomic E-state index is -0.251. The van der Waals surface area contributed by atoms with Gasteiger partial charge in [-0.2, -0.15) is 0 Å². The molecule has 0 unspecified atom stereocenters. The second-order valence-electron chi connectivity index (χ2n) is 6.16. The van der Waals surface area contributed by atoms with Gasteiger partial charge in [0.2, 0.25) is 0 Å². The molecule has 0 bridgehead atoms. The van der Waals surface area contributed by atoms with Crippen molar-refractivity contribution in [3.63, 3.8) is 0 Å². The zero-order valence-corrected chi connectivity index (χ0v) is 15.9. The van der Waals surface area contributed by atoms with Crippen LogP contribution in [0, 0.1) is 5.82 Å². The molecule has 27 heavy (non-hydrogen) atoms. The summed E-state index contributed by atoms with van der Waals surface area (Å²) < 4.78 is 15.5. The van der Waals surface area contributed by atoms with E-state index in [0.29, 0.717) is 0 Å². The Morgan fingerprint density at radius 1 is 0.815 bits per heavy atom. The third kappa shape index (κ3) is 3.38. The van der Waals surface area contributed by atoms with Crippen LogP contribution in [0.25, 0.3) is 33.9 Å². The Morgan fingerprint density at radius 2 is 1.44 bits per heavy atom. The first-order valence-electron chi connectivity index (χ1n) is 8.55. The van der Waals surface area contributed by atoms with Crippen molar-refractivity contribution in [2.75, 3.05) is 6.26 Å². The van der Waals surface area contributed by atoms with E-state index < -0.39 is 0 Å². The fourth-order valence-electron chi connectivity index (χ4n) is 3.15. The number of pyridine rings is 1. The maximum Gasteiger partial charge on any atom is 0.140 e. The summed E-state index contributed by atoms with van der Waals surface area (Å²) in [6, 6.07) is 18.8. The first kappa shape index (κ1) is 17.5. The lowest BCUT2D eigenvalue weighted by Crippen LogP contribution is -1.96. The summed E-state index contributed by atoms with van der Waals surface area (Å²) in [7, 11) is 1.99. The molecule has 4 rings (SSSR count). The van der Waals surface area contributed by atoms with E-state index in [1.807, 2.05) is 19.2 Å². The quantitative estimate of drug-likeness (QED) is 0.430. The van der Waals surface area contributed by atoms with E-state index in [-0.39, 0.29) is 5.82 Å². The lowest BCUT2D eigenvalue weighted by molar-refractivity contribution is 0.628. The van der Waals surface area contributed by atoms with Crippen molar-refractivity contribution >= 4 is 11.8 Å². The van der Waals surface area contributed by atoms with E-state index in [4.69, 9.17) is 4.98 Å². The van der Waals surface area contributed by atoms with Gasteiger partial charge < -0.3 is 4.57 Å². The monoisotopic (exact) mass is 375 g/mol. The summed E-state index contributed by atoms with van der Waals surface area (Å²) in [4.78, 5) is 10.3. The highest BCUT2D eigenvalue weighted by Gasteiger charge is 2.19. The molecule has 0 atom stereocenters. The molecule has 0 saturated heterocycles. The average Bonchev–Trinajstić information content (AvgIpc) is 3.06. The van der Waals surface area contributed by atoms with Gasteiger partial charge in [0.15, 0.2) is 0 Å². The van der Waals surface area contributed by atoms with Gasteiger partial charge in [0.25, 0.3) is 0 Å². The van der Waals surface area contributed by atoms with Gasteiger partial charge in [-0.3, -0.25) is 4.98 Å². The van der Waals surface area contributed by atoms with Crippen molar-refractivity contribution in [2.24, 2.45) is 7.05 Å². The van der Waals surface area contributed by atoms with Gasteiger partial charge in [-0.05, 0) is 54.8 Å². The largest absolute Gasteiger partial charge is 0.327 e. The number of aromatic nitrogens is 3. The van der Waals surface area contributed by atoms with Crippen LogP contribution in [0.15, 0.2) is 78.0 Å². The summed E-state index contributed by atoms with van der Waals surface area (Å²) in [6.45, 7) is 0. The molecule has 0 aliphatic rings. The number of hydrogen-bond acceptors (Lipinski definition) is 3. The van der Waals surface area contributed by atoms with Gasteiger partial charge in [-0.15, -0.1) is 11.8 Å². The molecule has 0 saturated carbocycles. The summed E-state index contributed by atoms with van der Waals surface area (Å²) in [6.07, 6.45) is 5.57. The number of nitrogens with zero attached hydrogens (tertiary/aromatic N) is 3. The van der Waals surface area contributed by atoms with Gasteiger partial charge in [-0.25, -0.2) is 9.37 Å². The van der Waals surface area contributed by atoms with Crippen molar-refractivity contribution in [1.29, 1.82) is 0 Å². The molecule has 4 aromatic rings. The average molecular weight is 375 g/mol. The van der Waals surface area contributed by atoms with E-state index in [0.717, 1.165) is 33.9 Å². The zero-order chi connectivity index (χ0) is 18.8. The molecule has 0 amide bonds. The zero-order valence-electron chi connectivity index (χ0n) is 15.1. The van der Waals surface area contributed by atoms with Crippen molar-refractivity contribution in [3.05, 3.63) is 78.9 Å². The highest BCUT2D eigenvalue weighted by molar-refractivity contribution is 7.98. The predicted molar refractivity (Wildman–Crippen MR) is 109 cm³/mol. The SMILES string of the molecule is CSc1ccc(-c2nc(-c3ccncc3)c(-c3ccc(F)cc3)n2C)cc1. The highest BCUT2D eigenvalue weighted by Crippen LogP contribution is 2.35. The van der Waals surface area contributed by atoms with Crippen LogP contribution in [0.3, 0.4) is 0 Å². The normalized spacial score (nSPS) is 10.9. The Hall–Kier alpha value is -2.92. The molecule has 0 aliphatic heterocycles. The molecule has 3 nitrogen and oxygen atoms in total. The van der Waals surface area contributed by atoms with Crippen LogP contribution in [0.4, 0.5) is 4.39 Å². The van der Waals surface area contributed by atoms with E-state index in [9.17, 15) is 4.39 Å². The third-order valence-electron chi connectivity index (χ3n) is 4.51. The number of rotatable bonds is 4. The predicted octanol–water partition coefficient (Wildman–Crippen LogP) is 5.68. The summed E-state index contributed by atoms with van der Waals surface area (Å²) in [5.41, 5.74) is 4.75. The minimum Gasteiger partial charge on any atom is -0.327 e. The topological polar surface area (TPSA) is 30.7 Å². The van der Waals surface area contributed by atoms with Gasteiger partial charge in [0.05, 0.1) is 11.4 Å². The molecule has 0 spiro atoms. The first-order chi connectivity index (χ1) is 13.2. The number of benzene rings is 2. The van der Waals surface area contributed by atoms with Gasteiger partial charge in [-0.1, -0.05) is 12.1 Å². The van der Waals surface area contributed by atoms with Gasteiger partial charge >= 0.3 is 0 Å². The van der Waals surface area contributed by atoms with Crippen molar-refractivity contribution in [1.82, 2.24) is 14.5 Å². The van der Waals surface area contributed by atoms with Gasteiger partial charge in [0.1, 0.15) is 11.6 Å². The Morgan fingerprint density at radius 3 is 2.07 bits per heavy atom. The maximum absolute atomic E-state index is 13.4. The molecule has 0 N–H and O–H groups in total. The number of thioether (sulfide) groups is 1. The number of halogens is 1. The van der Waals surface area contributed by atoms with Crippen LogP contribution < -0.4 is 0 Å². The molecule has 0 fully saturated rings. The minimum absolute atomic E-state index is 0.251. The van der Waals surface area contributed by atoms with Crippen molar-refractivity contribution in [3.8, 4) is 33.9 Å². The fourth-order valence-corrected chi connectivity index (χ4v) is 3.55. The molecule has 5 heteroatoms. The molecule has 2 aromatic carbocycles. The summed E-state index contributed by atoms with van der Waals surface area (Å²) in [5.74, 6) is 0.619. The maximum atomic E-state index is 13.4. The molecule has 134 valence electrons. The van der Waals surface area contributed by atoms with E-state index in [1.165, 1.54) is 17.0 Å². The van der Waals surface area contributed by atoms with Crippen LogP contribution in [0.1, 0.15) is 0 Å². The number of imidazole rings is 1. The van der Waals surface area contributed by atoms with Crippen LogP contribution in [0.5, 0.6) is 0 Å². The molecule has 2 heterocycles. The Bertz CT molecular complexity index is 1060. The van der Waals surface area contributed by atoms with E-state index in [2.05, 4.69) is 40.1 Å². The molecular weight excluding hydrogens is 357 g/mol. The van der Waals surface area contributed by atoms with Crippen LogP contribution >= 0.6 is 11.8 Å². The van der Waals surface area contributed by atoms with Crippen LogP contribution in [0.2, 0.25) is 0 Å². The van der Waals surface area contributed by atoms with E-state index in [1.54, 1.807) is 36.3 Å². The Labute approximate surface area is 161 Å². The lowest BCUT2D eigenvalue weighted by Gasteiger charge is -2.08. The van der Waals surface area contributed by atoms with Crippen LogP contribution in [-0.4, -0.2) is 20.8 Å². The summed E-state index contributed by atoms with van der Waals surface area (Å²) in [5, 5.41) is 0. The standard InChI is InChI=1S/C22H18FN3S/c1-26-21(16-3-7-18(23)8-4-16)20(15-11-13-24-14-12-15)25-22(26)17-5-9-19(27-2)10-6-17/h3-14H,1-2H3. The van der Waals surface area contributed by atoms with Crippen molar-refractivity contribution in [2.45, 2.75) is 4.90 Å². The van der Waals surface area contributed by atoms with Gasteiger partial charge in [0, 0.05) is 41.0 Å². The third-order valence-corrected chi connectivity index (χ3v) is 5.26. The Balaban J connectivity index is 1.92. The lowest BCUT2D eigenvalue weighted by atomic mass is 10.1. The number of hydrogen-bond donors (Lipinski definition) is 0. The second-order valence-corrected chi connectivity index (χ2v) is 7.04. The fraction of sp³-hybridized carbons (Fsp3) is 0.0909. The van der Waals surface area contributed by atoms with Crippen LogP contribution in [-0.2, 0) is 7.05 Å². The van der Waals surface area contributed by atoms with Crippen molar-refractivity contribution < 1.29 is 4.39 Å². The van der Waals surface area contributed by atoms with E-state index >= 15 is 0 Å². The molecule has 0 aliphatic carbocycles. The smallest absolute Gasteiger partial charge is 0.140 e. The second kappa shape index (κ2) is 7.37. The molecular formula is C22H18FN3S.